The molecule has 0 atom stereocenters. The van der Waals surface area contributed by atoms with E-state index in [1.54, 1.807) is 12.1 Å². The number of halogens is 3. The molecule has 22 heavy (non-hydrogen) atoms. The lowest BCUT2D eigenvalue weighted by Gasteiger charge is -2.09. The molecule has 0 fully saturated rings. The molecule has 9 heteroatoms. The molecule has 0 aliphatic rings. The van der Waals surface area contributed by atoms with E-state index in [0.29, 0.717) is 26.8 Å². The first-order valence-electron chi connectivity index (χ1n) is 5.98. The summed E-state index contributed by atoms with van der Waals surface area (Å²) in [4.78, 5) is 15.8. The summed E-state index contributed by atoms with van der Waals surface area (Å²) in [6.07, 6.45) is 0. The molecule has 3 aromatic rings. The Balaban J connectivity index is 2.16. The maximum absolute atomic E-state index is 12.2. The van der Waals surface area contributed by atoms with Crippen molar-refractivity contribution in [1.82, 2.24) is 14.8 Å². The molecule has 3 rings (SSSR count). The number of nitrogens with one attached hydrogen (secondary N) is 1. The van der Waals surface area contributed by atoms with Gasteiger partial charge in [-0.1, -0.05) is 11.6 Å². The van der Waals surface area contributed by atoms with Gasteiger partial charge in [0.05, 0.1) is 20.8 Å². The lowest BCUT2D eigenvalue weighted by molar-refractivity contribution is 0.411. The third kappa shape index (κ3) is 2.88. The van der Waals surface area contributed by atoms with Crippen molar-refractivity contribution in [2.75, 3.05) is 7.11 Å². The minimum atomic E-state index is -0.365. The minimum absolute atomic E-state index is 0.365. The van der Waals surface area contributed by atoms with Crippen molar-refractivity contribution in [1.29, 1.82) is 0 Å². The molecule has 2 aromatic heterocycles. The molecule has 114 valence electrons. The van der Waals surface area contributed by atoms with E-state index in [-0.39, 0.29) is 5.69 Å². The first kappa shape index (κ1) is 15.8. The van der Waals surface area contributed by atoms with E-state index in [0.717, 1.165) is 8.66 Å². The molecule has 0 saturated carbocycles. The van der Waals surface area contributed by atoms with Gasteiger partial charge in [0.1, 0.15) is 11.4 Å². The molecular weight excluding hydrogens is 457 g/mol. The SMILES string of the molecule is COc1cc(Br)c(Cl)cc1-n1nc(-c2ccc(Br)s2)[nH]c1=O. The number of H-pyrrole nitrogens is 1. The first-order chi connectivity index (χ1) is 10.5. The number of thiophene rings is 1. The summed E-state index contributed by atoms with van der Waals surface area (Å²) in [7, 11) is 1.52. The van der Waals surface area contributed by atoms with E-state index in [9.17, 15) is 4.79 Å². The molecule has 0 radical (unpaired) electrons. The molecule has 0 aliphatic heterocycles. The fourth-order valence-corrected chi connectivity index (χ4v) is 3.69. The zero-order chi connectivity index (χ0) is 15.9. The number of hydrogen-bond donors (Lipinski definition) is 1. The summed E-state index contributed by atoms with van der Waals surface area (Å²) < 4.78 is 8.18. The lowest BCUT2D eigenvalue weighted by atomic mass is 10.3. The summed E-state index contributed by atoms with van der Waals surface area (Å²) in [5.74, 6) is 0.977. The molecule has 0 aliphatic carbocycles. The van der Waals surface area contributed by atoms with E-state index in [1.807, 2.05) is 12.1 Å². The number of hydrogen-bond acceptors (Lipinski definition) is 4. The Bertz CT molecular complexity index is 903. The highest BCUT2D eigenvalue weighted by atomic mass is 79.9. The van der Waals surface area contributed by atoms with Crippen molar-refractivity contribution < 1.29 is 4.74 Å². The van der Waals surface area contributed by atoms with Gasteiger partial charge in [-0.05, 0) is 56.1 Å². The molecule has 0 spiro atoms. The van der Waals surface area contributed by atoms with Gasteiger partial charge < -0.3 is 4.74 Å². The van der Waals surface area contributed by atoms with Gasteiger partial charge in [-0.2, -0.15) is 4.68 Å². The predicted octanol–water partition coefficient (Wildman–Crippen LogP) is 4.48. The van der Waals surface area contributed by atoms with E-state index >= 15 is 0 Å². The molecule has 2 heterocycles. The van der Waals surface area contributed by atoms with Crippen LogP contribution in [0.1, 0.15) is 0 Å². The standard InChI is InChI=1S/C13H8Br2ClN3O2S/c1-21-9-4-6(14)7(16)5-8(9)19-13(20)17-12(18-19)10-2-3-11(15)22-10/h2-5H,1H3,(H,17,18,20). The smallest absolute Gasteiger partial charge is 0.348 e. The summed E-state index contributed by atoms with van der Waals surface area (Å²) in [6.45, 7) is 0. The molecule has 1 aromatic carbocycles. The molecule has 0 bridgehead atoms. The summed E-state index contributed by atoms with van der Waals surface area (Å²) in [5, 5.41) is 4.79. The number of benzene rings is 1. The maximum atomic E-state index is 12.2. The molecular formula is C13H8Br2ClN3O2S. The van der Waals surface area contributed by atoms with Crippen LogP contribution in [-0.2, 0) is 0 Å². The molecule has 0 amide bonds. The fraction of sp³-hybridized carbons (Fsp3) is 0.0769. The van der Waals surface area contributed by atoms with Crippen LogP contribution in [0.4, 0.5) is 0 Å². The summed E-state index contributed by atoms with van der Waals surface area (Å²) >= 11 is 14.3. The van der Waals surface area contributed by atoms with Crippen molar-refractivity contribution >= 4 is 54.8 Å². The van der Waals surface area contributed by atoms with Crippen LogP contribution in [0.2, 0.25) is 5.02 Å². The van der Waals surface area contributed by atoms with Crippen LogP contribution in [0.3, 0.4) is 0 Å². The maximum Gasteiger partial charge on any atom is 0.348 e. The van der Waals surface area contributed by atoms with Gasteiger partial charge >= 0.3 is 5.69 Å². The number of aromatic nitrogens is 3. The van der Waals surface area contributed by atoms with Crippen LogP contribution in [0.5, 0.6) is 5.75 Å². The third-order valence-corrected chi connectivity index (χ3v) is 5.70. The Morgan fingerprint density at radius 2 is 2.14 bits per heavy atom. The second-order valence-electron chi connectivity index (χ2n) is 4.23. The molecule has 0 saturated heterocycles. The van der Waals surface area contributed by atoms with Crippen LogP contribution in [0, 0.1) is 0 Å². The number of methoxy groups -OCH3 is 1. The van der Waals surface area contributed by atoms with E-state index in [1.165, 1.54) is 23.1 Å². The van der Waals surface area contributed by atoms with Gasteiger partial charge in [-0.3, -0.25) is 4.98 Å². The van der Waals surface area contributed by atoms with Crippen molar-refractivity contribution in [3.8, 4) is 22.1 Å². The largest absolute Gasteiger partial charge is 0.494 e. The van der Waals surface area contributed by atoms with Crippen molar-refractivity contribution in [3.63, 3.8) is 0 Å². The Morgan fingerprint density at radius 3 is 2.77 bits per heavy atom. The monoisotopic (exact) mass is 463 g/mol. The van der Waals surface area contributed by atoms with E-state index < -0.39 is 0 Å². The van der Waals surface area contributed by atoms with Crippen molar-refractivity contribution in [3.05, 3.63) is 48.0 Å². The van der Waals surface area contributed by atoms with Crippen LogP contribution >= 0.6 is 54.8 Å². The van der Waals surface area contributed by atoms with Crippen LogP contribution < -0.4 is 10.4 Å². The first-order valence-corrected chi connectivity index (χ1v) is 8.76. The van der Waals surface area contributed by atoms with Gasteiger partial charge in [0.15, 0.2) is 5.82 Å². The van der Waals surface area contributed by atoms with Gasteiger partial charge in [0, 0.05) is 4.47 Å². The summed E-state index contributed by atoms with van der Waals surface area (Å²) in [6, 6.07) is 7.10. The zero-order valence-electron chi connectivity index (χ0n) is 11.1. The number of ether oxygens (including phenoxy) is 1. The Hall–Kier alpha value is -1.09. The topological polar surface area (TPSA) is 59.9 Å². The Kier molecular flexibility index (Phi) is 4.44. The van der Waals surface area contributed by atoms with Gasteiger partial charge in [0.2, 0.25) is 0 Å². The average Bonchev–Trinajstić information content (AvgIpc) is 3.07. The normalized spacial score (nSPS) is 10.9. The highest BCUT2D eigenvalue weighted by Gasteiger charge is 2.16. The Morgan fingerprint density at radius 1 is 1.36 bits per heavy atom. The molecule has 5 nitrogen and oxygen atoms in total. The van der Waals surface area contributed by atoms with Gasteiger partial charge in [-0.15, -0.1) is 16.4 Å². The molecule has 1 N–H and O–H groups in total. The van der Waals surface area contributed by atoms with Gasteiger partial charge in [0.25, 0.3) is 0 Å². The second kappa shape index (κ2) is 6.19. The molecule has 0 unspecified atom stereocenters. The van der Waals surface area contributed by atoms with Crippen LogP contribution in [0.25, 0.3) is 16.4 Å². The van der Waals surface area contributed by atoms with E-state index in [4.69, 9.17) is 16.3 Å². The number of nitrogens with zero attached hydrogens (tertiary/aromatic N) is 2. The zero-order valence-corrected chi connectivity index (χ0v) is 15.8. The number of aromatic amines is 1. The van der Waals surface area contributed by atoms with Crippen molar-refractivity contribution in [2.24, 2.45) is 0 Å². The highest BCUT2D eigenvalue weighted by molar-refractivity contribution is 9.11. The Labute approximate surface area is 151 Å². The van der Waals surface area contributed by atoms with Gasteiger partial charge in [-0.25, -0.2) is 4.79 Å². The highest BCUT2D eigenvalue weighted by Crippen LogP contribution is 2.33. The second-order valence-corrected chi connectivity index (χ2v) is 7.96. The lowest BCUT2D eigenvalue weighted by Crippen LogP contribution is -2.16. The fourth-order valence-electron chi connectivity index (χ4n) is 1.89. The van der Waals surface area contributed by atoms with Crippen LogP contribution in [0.15, 0.2) is 37.3 Å². The number of rotatable bonds is 3. The average molecular weight is 466 g/mol. The quantitative estimate of drug-likeness (QED) is 0.621. The van der Waals surface area contributed by atoms with E-state index in [2.05, 4.69) is 41.9 Å². The minimum Gasteiger partial charge on any atom is -0.494 e. The van der Waals surface area contributed by atoms with Crippen molar-refractivity contribution in [2.45, 2.75) is 0 Å². The third-order valence-electron chi connectivity index (χ3n) is 2.87. The summed E-state index contributed by atoms with van der Waals surface area (Å²) in [5.41, 5.74) is 0.107. The predicted molar refractivity (Wildman–Crippen MR) is 94.5 cm³/mol. The van der Waals surface area contributed by atoms with Crippen LogP contribution in [-0.4, -0.2) is 21.9 Å².